The zero-order valence-corrected chi connectivity index (χ0v) is 11.0. The lowest BCUT2D eigenvalue weighted by Gasteiger charge is -2.15. The quantitative estimate of drug-likeness (QED) is 0.740. The van der Waals surface area contributed by atoms with Crippen molar-refractivity contribution in [3.8, 4) is 0 Å². The Balaban J connectivity index is 2.62. The summed E-state index contributed by atoms with van der Waals surface area (Å²) in [6.07, 6.45) is -0.152. The van der Waals surface area contributed by atoms with Crippen LogP contribution in [0.25, 0.3) is 0 Å². The Morgan fingerprint density at radius 1 is 1.44 bits per heavy atom. The number of rotatable bonds is 6. The van der Waals surface area contributed by atoms with E-state index < -0.39 is 0 Å². The summed E-state index contributed by atoms with van der Waals surface area (Å²) in [7, 11) is 3.18. The fraction of sp³-hybridized carbons (Fsp3) is 0.462. The Morgan fingerprint density at radius 2 is 2.17 bits per heavy atom. The molecule has 1 rings (SSSR count). The molecule has 0 spiro atoms. The molecule has 1 aromatic carbocycles. The fourth-order valence-electron chi connectivity index (χ4n) is 1.60. The Morgan fingerprint density at radius 3 is 2.78 bits per heavy atom. The summed E-state index contributed by atoms with van der Waals surface area (Å²) < 4.78 is 10.1. The van der Waals surface area contributed by atoms with Gasteiger partial charge in [0, 0.05) is 32.0 Å². The average Bonchev–Trinajstić information content (AvgIpc) is 2.37. The molecule has 0 aromatic heterocycles. The maximum absolute atomic E-state index is 12.0. The largest absolute Gasteiger partial charge is 0.398 e. The second kappa shape index (κ2) is 6.98. The standard InChI is InChI=1S/C13H20N2O3/c1-9-11(5-4-6-12(9)14)13(16)15-7-10(18-3)8-17-2/h4-6,10H,7-8,14H2,1-3H3,(H,15,16). The third-order valence-electron chi connectivity index (χ3n) is 2.80. The minimum Gasteiger partial charge on any atom is -0.398 e. The van der Waals surface area contributed by atoms with E-state index in [9.17, 15) is 4.79 Å². The molecule has 0 aliphatic heterocycles. The van der Waals surface area contributed by atoms with Gasteiger partial charge in [-0.25, -0.2) is 0 Å². The third kappa shape index (κ3) is 3.72. The van der Waals surface area contributed by atoms with E-state index in [1.165, 1.54) is 0 Å². The van der Waals surface area contributed by atoms with Crippen molar-refractivity contribution in [1.82, 2.24) is 5.32 Å². The van der Waals surface area contributed by atoms with E-state index in [1.807, 2.05) is 6.92 Å². The molecule has 0 aliphatic carbocycles. The van der Waals surface area contributed by atoms with Crippen molar-refractivity contribution in [2.75, 3.05) is 33.1 Å². The van der Waals surface area contributed by atoms with Crippen LogP contribution in [0.1, 0.15) is 15.9 Å². The van der Waals surface area contributed by atoms with Gasteiger partial charge >= 0.3 is 0 Å². The first kappa shape index (κ1) is 14.5. The van der Waals surface area contributed by atoms with Gasteiger partial charge in [-0.2, -0.15) is 0 Å². The number of carbonyl (C=O) groups is 1. The molecule has 5 heteroatoms. The predicted octanol–water partition coefficient (Wildman–Crippen LogP) is 0.968. The molecular formula is C13H20N2O3. The van der Waals surface area contributed by atoms with Gasteiger partial charge in [-0.15, -0.1) is 0 Å². The number of nitrogen functional groups attached to an aromatic ring is 1. The normalized spacial score (nSPS) is 12.2. The van der Waals surface area contributed by atoms with Crippen LogP contribution in [0.5, 0.6) is 0 Å². The predicted molar refractivity (Wildman–Crippen MR) is 70.6 cm³/mol. The summed E-state index contributed by atoms with van der Waals surface area (Å²) in [5.74, 6) is -0.155. The second-order valence-electron chi connectivity index (χ2n) is 4.04. The number of nitrogens with two attached hydrogens (primary N) is 1. The minimum atomic E-state index is -0.155. The minimum absolute atomic E-state index is 0.152. The number of carbonyl (C=O) groups excluding carboxylic acids is 1. The summed E-state index contributed by atoms with van der Waals surface area (Å²) in [5, 5.41) is 2.80. The summed E-state index contributed by atoms with van der Waals surface area (Å²) >= 11 is 0. The van der Waals surface area contributed by atoms with Gasteiger partial charge in [-0.3, -0.25) is 4.79 Å². The van der Waals surface area contributed by atoms with Crippen LogP contribution in [0.2, 0.25) is 0 Å². The summed E-state index contributed by atoms with van der Waals surface area (Å²) in [5.41, 5.74) is 7.75. The van der Waals surface area contributed by atoms with Crippen molar-refractivity contribution in [1.29, 1.82) is 0 Å². The van der Waals surface area contributed by atoms with E-state index in [4.69, 9.17) is 15.2 Å². The van der Waals surface area contributed by atoms with Crippen molar-refractivity contribution in [2.45, 2.75) is 13.0 Å². The zero-order valence-electron chi connectivity index (χ0n) is 11.0. The first-order valence-electron chi connectivity index (χ1n) is 5.75. The van der Waals surface area contributed by atoms with Gasteiger partial charge in [0.1, 0.15) is 0 Å². The average molecular weight is 252 g/mol. The fourth-order valence-corrected chi connectivity index (χ4v) is 1.60. The lowest BCUT2D eigenvalue weighted by Crippen LogP contribution is -2.35. The maximum Gasteiger partial charge on any atom is 0.251 e. The monoisotopic (exact) mass is 252 g/mol. The van der Waals surface area contributed by atoms with Crippen molar-refractivity contribution >= 4 is 11.6 Å². The van der Waals surface area contributed by atoms with Crippen LogP contribution in [-0.2, 0) is 9.47 Å². The van der Waals surface area contributed by atoms with E-state index in [0.717, 1.165) is 5.56 Å². The van der Waals surface area contributed by atoms with Gasteiger partial charge in [0.15, 0.2) is 0 Å². The molecule has 1 unspecified atom stereocenters. The molecule has 3 N–H and O–H groups in total. The highest BCUT2D eigenvalue weighted by Gasteiger charge is 2.13. The van der Waals surface area contributed by atoms with Crippen molar-refractivity contribution in [3.63, 3.8) is 0 Å². The van der Waals surface area contributed by atoms with Crippen LogP contribution < -0.4 is 11.1 Å². The molecular weight excluding hydrogens is 232 g/mol. The van der Waals surface area contributed by atoms with Crippen LogP contribution >= 0.6 is 0 Å². The lowest BCUT2D eigenvalue weighted by atomic mass is 10.1. The topological polar surface area (TPSA) is 73.6 Å². The van der Waals surface area contributed by atoms with Crippen molar-refractivity contribution in [3.05, 3.63) is 29.3 Å². The number of benzene rings is 1. The highest BCUT2D eigenvalue weighted by molar-refractivity contribution is 5.96. The molecule has 0 fully saturated rings. The first-order chi connectivity index (χ1) is 8.60. The number of amides is 1. The number of anilines is 1. The highest BCUT2D eigenvalue weighted by Crippen LogP contribution is 2.15. The number of methoxy groups -OCH3 is 2. The molecule has 0 heterocycles. The van der Waals surface area contributed by atoms with Crippen LogP contribution in [-0.4, -0.2) is 39.4 Å². The molecule has 0 saturated heterocycles. The molecule has 1 atom stereocenters. The van der Waals surface area contributed by atoms with Crippen LogP contribution in [0.15, 0.2) is 18.2 Å². The van der Waals surface area contributed by atoms with Gasteiger partial charge in [0.2, 0.25) is 0 Å². The van der Waals surface area contributed by atoms with Crippen molar-refractivity contribution in [2.24, 2.45) is 0 Å². The Hall–Kier alpha value is -1.59. The number of ether oxygens (including phenoxy) is 2. The van der Waals surface area contributed by atoms with Crippen LogP contribution in [0.4, 0.5) is 5.69 Å². The number of hydrogen-bond acceptors (Lipinski definition) is 4. The third-order valence-corrected chi connectivity index (χ3v) is 2.80. The van der Waals surface area contributed by atoms with Crippen LogP contribution in [0, 0.1) is 6.92 Å². The molecule has 0 radical (unpaired) electrons. The molecule has 18 heavy (non-hydrogen) atoms. The van der Waals surface area contributed by atoms with Gasteiger partial charge in [0.05, 0.1) is 12.7 Å². The molecule has 5 nitrogen and oxygen atoms in total. The summed E-state index contributed by atoms with van der Waals surface area (Å²) in [6, 6.07) is 5.29. The number of hydrogen-bond donors (Lipinski definition) is 2. The van der Waals surface area contributed by atoms with E-state index in [1.54, 1.807) is 32.4 Å². The highest BCUT2D eigenvalue weighted by atomic mass is 16.5. The Labute approximate surface area is 107 Å². The number of nitrogens with one attached hydrogen (secondary N) is 1. The Bertz CT molecular complexity index is 407. The molecule has 100 valence electrons. The molecule has 0 aliphatic rings. The van der Waals surface area contributed by atoms with E-state index >= 15 is 0 Å². The lowest BCUT2D eigenvalue weighted by molar-refractivity contribution is 0.0285. The van der Waals surface area contributed by atoms with E-state index in [2.05, 4.69) is 5.32 Å². The SMILES string of the molecule is COCC(CNC(=O)c1cccc(N)c1C)OC. The molecule has 0 bridgehead atoms. The van der Waals surface area contributed by atoms with Crippen LogP contribution in [0.3, 0.4) is 0 Å². The van der Waals surface area contributed by atoms with Gasteiger partial charge in [-0.05, 0) is 24.6 Å². The van der Waals surface area contributed by atoms with E-state index in [0.29, 0.717) is 24.4 Å². The molecule has 0 saturated carbocycles. The maximum atomic E-state index is 12.0. The molecule has 1 amide bonds. The smallest absolute Gasteiger partial charge is 0.251 e. The van der Waals surface area contributed by atoms with Gasteiger partial charge < -0.3 is 20.5 Å². The van der Waals surface area contributed by atoms with Gasteiger partial charge in [-0.1, -0.05) is 6.07 Å². The van der Waals surface area contributed by atoms with Crippen molar-refractivity contribution < 1.29 is 14.3 Å². The second-order valence-corrected chi connectivity index (χ2v) is 4.04. The molecule has 1 aromatic rings. The summed E-state index contributed by atoms with van der Waals surface area (Å²) in [4.78, 5) is 12.0. The van der Waals surface area contributed by atoms with Gasteiger partial charge in [0.25, 0.3) is 5.91 Å². The Kier molecular flexibility index (Phi) is 5.61. The zero-order chi connectivity index (χ0) is 13.5. The first-order valence-corrected chi connectivity index (χ1v) is 5.75. The summed E-state index contributed by atoms with van der Waals surface area (Å²) in [6.45, 7) is 2.66. The van der Waals surface area contributed by atoms with E-state index in [-0.39, 0.29) is 12.0 Å².